The Hall–Kier alpha value is -1.51. The smallest absolute Gasteiger partial charge is 0.240 e. The number of methoxy groups -OCH3 is 1. The predicted molar refractivity (Wildman–Crippen MR) is 96.7 cm³/mol. The van der Waals surface area contributed by atoms with Crippen LogP contribution in [0.2, 0.25) is 0 Å². The lowest BCUT2D eigenvalue weighted by molar-refractivity contribution is -0.141. The van der Waals surface area contributed by atoms with E-state index in [0.717, 1.165) is 64.9 Å². The average Bonchev–Trinajstić information content (AvgIpc) is 3.33. The van der Waals surface area contributed by atoms with E-state index < -0.39 is 0 Å². The van der Waals surface area contributed by atoms with Crippen LogP contribution >= 0.6 is 0 Å². The number of rotatable bonds is 6. The predicted octanol–water partition coefficient (Wildman–Crippen LogP) is 1.60. The van der Waals surface area contributed by atoms with Gasteiger partial charge in [-0.25, -0.2) is 0 Å². The molecule has 0 N–H and O–H groups in total. The second kappa shape index (κ2) is 8.24. The summed E-state index contributed by atoms with van der Waals surface area (Å²) in [6.07, 6.45) is 6.36. The molecule has 4 heterocycles. The standard InChI is InChI=1S/C19H30N4O4/c1-25-13-16-20-17(27-21-16)12-22-8-6-19(7-9-22)5-4-18(24)23(14-19)11-15-3-2-10-26-15/h15H,2-14H2,1H3/t15-/m1/s1. The lowest BCUT2D eigenvalue weighted by Crippen LogP contribution is -2.52. The molecule has 4 rings (SSSR count). The van der Waals surface area contributed by atoms with Crippen LogP contribution in [0, 0.1) is 5.41 Å². The minimum atomic E-state index is 0.239. The van der Waals surface area contributed by atoms with Crippen molar-refractivity contribution in [3.05, 3.63) is 11.7 Å². The van der Waals surface area contributed by atoms with Crippen LogP contribution in [0.1, 0.15) is 50.2 Å². The molecule has 0 bridgehead atoms. The maximum atomic E-state index is 12.4. The van der Waals surface area contributed by atoms with E-state index in [1.807, 2.05) is 0 Å². The van der Waals surface area contributed by atoms with Crippen molar-refractivity contribution in [3.8, 4) is 0 Å². The summed E-state index contributed by atoms with van der Waals surface area (Å²) in [5.41, 5.74) is 0.263. The summed E-state index contributed by atoms with van der Waals surface area (Å²) in [5.74, 6) is 1.54. The molecular weight excluding hydrogens is 348 g/mol. The van der Waals surface area contributed by atoms with E-state index >= 15 is 0 Å². The fraction of sp³-hybridized carbons (Fsp3) is 0.842. The van der Waals surface area contributed by atoms with Gasteiger partial charge in [0, 0.05) is 33.2 Å². The van der Waals surface area contributed by atoms with Gasteiger partial charge >= 0.3 is 0 Å². The zero-order valence-corrected chi connectivity index (χ0v) is 16.2. The number of ether oxygens (including phenoxy) is 2. The van der Waals surface area contributed by atoms with Gasteiger partial charge in [-0.1, -0.05) is 5.16 Å². The highest BCUT2D eigenvalue weighted by Crippen LogP contribution is 2.40. The Kier molecular flexibility index (Phi) is 5.75. The summed E-state index contributed by atoms with van der Waals surface area (Å²) in [5, 5.41) is 3.93. The molecule has 3 aliphatic heterocycles. The molecule has 1 aromatic heterocycles. The summed E-state index contributed by atoms with van der Waals surface area (Å²) in [4.78, 5) is 21.2. The second-order valence-corrected chi connectivity index (χ2v) is 8.22. The lowest BCUT2D eigenvalue weighted by Gasteiger charge is -2.47. The van der Waals surface area contributed by atoms with E-state index in [-0.39, 0.29) is 11.5 Å². The van der Waals surface area contributed by atoms with Gasteiger partial charge in [0.15, 0.2) is 5.82 Å². The third-order valence-corrected chi connectivity index (χ3v) is 6.26. The van der Waals surface area contributed by atoms with E-state index in [2.05, 4.69) is 19.9 Å². The van der Waals surface area contributed by atoms with Crippen molar-refractivity contribution in [1.82, 2.24) is 19.9 Å². The van der Waals surface area contributed by atoms with Crippen LogP contribution in [-0.2, 0) is 27.4 Å². The molecule has 0 saturated carbocycles. The molecule has 0 unspecified atom stereocenters. The van der Waals surface area contributed by atoms with Crippen LogP contribution in [0.4, 0.5) is 0 Å². The summed E-state index contributed by atoms with van der Waals surface area (Å²) in [6, 6.07) is 0. The fourth-order valence-electron chi connectivity index (χ4n) is 4.63. The molecule has 27 heavy (non-hydrogen) atoms. The minimum absolute atomic E-state index is 0.239. The van der Waals surface area contributed by atoms with E-state index in [0.29, 0.717) is 37.2 Å². The van der Waals surface area contributed by atoms with Crippen molar-refractivity contribution in [2.24, 2.45) is 5.41 Å². The maximum Gasteiger partial charge on any atom is 0.240 e. The SMILES string of the molecule is COCc1noc(CN2CCC3(CCC(=O)N(C[C@H]4CCCO4)C3)CC2)n1. The first-order valence-corrected chi connectivity index (χ1v) is 10.1. The van der Waals surface area contributed by atoms with Crippen LogP contribution in [0.25, 0.3) is 0 Å². The van der Waals surface area contributed by atoms with Crippen LogP contribution in [-0.4, -0.2) is 71.8 Å². The van der Waals surface area contributed by atoms with Crippen molar-refractivity contribution >= 4 is 5.91 Å². The number of piperidine rings is 2. The highest BCUT2D eigenvalue weighted by atomic mass is 16.5. The van der Waals surface area contributed by atoms with E-state index in [4.69, 9.17) is 14.0 Å². The Labute approximate surface area is 160 Å². The fourth-order valence-corrected chi connectivity index (χ4v) is 4.63. The largest absolute Gasteiger partial charge is 0.377 e. The van der Waals surface area contributed by atoms with Gasteiger partial charge in [-0.05, 0) is 50.6 Å². The maximum absolute atomic E-state index is 12.4. The first kappa shape index (κ1) is 18.8. The van der Waals surface area contributed by atoms with Crippen LogP contribution in [0.3, 0.4) is 0 Å². The average molecular weight is 378 g/mol. The summed E-state index contributed by atoms with van der Waals surface area (Å²) in [6.45, 7) is 5.57. The molecule has 3 fully saturated rings. The highest BCUT2D eigenvalue weighted by molar-refractivity contribution is 5.77. The Morgan fingerprint density at radius 1 is 1.30 bits per heavy atom. The van der Waals surface area contributed by atoms with E-state index in [1.165, 1.54) is 0 Å². The summed E-state index contributed by atoms with van der Waals surface area (Å²) >= 11 is 0. The second-order valence-electron chi connectivity index (χ2n) is 8.22. The zero-order chi connectivity index (χ0) is 18.7. The molecule has 3 aliphatic rings. The highest BCUT2D eigenvalue weighted by Gasteiger charge is 2.41. The Bertz CT molecular complexity index is 635. The van der Waals surface area contributed by atoms with Crippen molar-refractivity contribution in [2.75, 3.05) is 39.9 Å². The van der Waals surface area contributed by atoms with Crippen LogP contribution in [0.5, 0.6) is 0 Å². The molecule has 0 aliphatic carbocycles. The minimum Gasteiger partial charge on any atom is -0.377 e. The topological polar surface area (TPSA) is 80.9 Å². The third-order valence-electron chi connectivity index (χ3n) is 6.26. The molecule has 8 heteroatoms. The molecular formula is C19H30N4O4. The number of amides is 1. The van der Waals surface area contributed by atoms with Crippen molar-refractivity contribution in [1.29, 1.82) is 0 Å². The molecule has 1 atom stereocenters. The van der Waals surface area contributed by atoms with Crippen molar-refractivity contribution < 1.29 is 18.8 Å². The van der Waals surface area contributed by atoms with Gasteiger partial charge in [0.05, 0.1) is 12.6 Å². The Morgan fingerprint density at radius 2 is 2.15 bits per heavy atom. The summed E-state index contributed by atoms with van der Waals surface area (Å²) < 4.78 is 16.1. The van der Waals surface area contributed by atoms with Gasteiger partial charge in [-0.3, -0.25) is 9.69 Å². The molecule has 1 amide bonds. The number of carbonyl (C=O) groups excluding carboxylic acids is 1. The normalized spacial score (nSPS) is 26.2. The monoisotopic (exact) mass is 378 g/mol. The number of likely N-dealkylation sites (tertiary alicyclic amines) is 2. The molecule has 1 spiro atoms. The van der Waals surface area contributed by atoms with E-state index in [9.17, 15) is 4.79 Å². The van der Waals surface area contributed by atoms with Crippen LogP contribution < -0.4 is 0 Å². The number of hydrogen-bond donors (Lipinski definition) is 0. The van der Waals surface area contributed by atoms with Gasteiger partial charge in [-0.15, -0.1) is 0 Å². The van der Waals surface area contributed by atoms with Crippen molar-refractivity contribution in [3.63, 3.8) is 0 Å². The third kappa shape index (κ3) is 4.50. The molecule has 1 aromatic rings. The molecule has 3 saturated heterocycles. The number of nitrogens with zero attached hydrogens (tertiary/aromatic N) is 4. The molecule has 8 nitrogen and oxygen atoms in total. The van der Waals surface area contributed by atoms with Gasteiger partial charge in [-0.2, -0.15) is 4.98 Å². The zero-order valence-electron chi connectivity index (χ0n) is 16.2. The number of aromatic nitrogens is 2. The first-order chi connectivity index (χ1) is 13.2. The Balaban J connectivity index is 1.29. The van der Waals surface area contributed by atoms with Gasteiger partial charge in [0.1, 0.15) is 6.61 Å². The molecule has 0 radical (unpaired) electrons. The number of hydrogen-bond acceptors (Lipinski definition) is 7. The molecule has 0 aromatic carbocycles. The van der Waals surface area contributed by atoms with Gasteiger partial charge in [0.2, 0.25) is 11.8 Å². The van der Waals surface area contributed by atoms with Gasteiger partial charge in [0.25, 0.3) is 0 Å². The Morgan fingerprint density at radius 3 is 2.89 bits per heavy atom. The lowest BCUT2D eigenvalue weighted by atomic mass is 9.72. The van der Waals surface area contributed by atoms with Crippen molar-refractivity contribution in [2.45, 2.75) is 57.8 Å². The molecule has 150 valence electrons. The first-order valence-electron chi connectivity index (χ1n) is 10.1. The quantitative estimate of drug-likeness (QED) is 0.744. The van der Waals surface area contributed by atoms with E-state index in [1.54, 1.807) is 7.11 Å². The van der Waals surface area contributed by atoms with Crippen LogP contribution in [0.15, 0.2) is 4.52 Å². The van der Waals surface area contributed by atoms with Gasteiger partial charge < -0.3 is 18.9 Å². The number of carbonyl (C=O) groups is 1. The summed E-state index contributed by atoms with van der Waals surface area (Å²) in [7, 11) is 1.62.